The summed E-state index contributed by atoms with van der Waals surface area (Å²) in [5, 5.41) is -0.401. The highest BCUT2D eigenvalue weighted by Crippen LogP contribution is 2.35. The van der Waals surface area contributed by atoms with E-state index >= 15 is 0 Å². The molecule has 0 aromatic heterocycles. The van der Waals surface area contributed by atoms with Crippen molar-refractivity contribution < 1.29 is 12.8 Å². The van der Waals surface area contributed by atoms with Crippen LogP contribution in [0.5, 0.6) is 0 Å². The topological polar surface area (TPSA) is 60.2 Å². The number of nitrogens with two attached hydrogens (primary N) is 1. The Hall–Kier alpha value is -1.10. The van der Waals surface area contributed by atoms with E-state index in [1.807, 2.05) is 0 Å². The Morgan fingerprint density at radius 3 is 2.47 bits per heavy atom. The fraction of sp³-hybridized carbons (Fsp3) is 0.571. The fourth-order valence-electron chi connectivity index (χ4n) is 2.66. The van der Waals surface area contributed by atoms with Gasteiger partial charge in [-0.05, 0) is 49.3 Å². The van der Waals surface area contributed by atoms with E-state index in [0.717, 1.165) is 12.5 Å². The van der Waals surface area contributed by atoms with Crippen LogP contribution in [-0.4, -0.2) is 13.7 Å². The summed E-state index contributed by atoms with van der Waals surface area (Å²) in [5.41, 5.74) is 5.36. The molecule has 2 rings (SSSR count). The van der Waals surface area contributed by atoms with Gasteiger partial charge in [-0.3, -0.25) is 0 Å². The molecule has 0 amide bonds. The van der Waals surface area contributed by atoms with Gasteiger partial charge < -0.3 is 5.73 Å². The van der Waals surface area contributed by atoms with E-state index in [1.165, 1.54) is 12.1 Å². The molecule has 106 valence electrons. The van der Waals surface area contributed by atoms with Crippen LogP contribution in [-0.2, 0) is 9.84 Å². The van der Waals surface area contributed by atoms with Crippen molar-refractivity contribution in [2.45, 2.75) is 43.3 Å². The molecule has 1 aromatic rings. The monoisotopic (exact) mass is 285 g/mol. The number of halogens is 1. The summed E-state index contributed by atoms with van der Waals surface area (Å²) < 4.78 is 38.4. The zero-order chi connectivity index (χ0) is 14.2. The quantitative estimate of drug-likeness (QED) is 0.850. The van der Waals surface area contributed by atoms with E-state index in [2.05, 4.69) is 13.8 Å². The second-order valence-corrected chi connectivity index (χ2v) is 7.85. The number of rotatable bonds is 2. The standard InChI is InChI=1S/C14H20FNO2S/c1-9-3-4-11(7-10(9)2)19(17,18)12-5-6-14(16)13(15)8-12/h5-6,8-11H,3-4,7,16H2,1-2H3. The van der Waals surface area contributed by atoms with Crippen LogP contribution in [0.4, 0.5) is 10.1 Å². The molecule has 3 unspecified atom stereocenters. The van der Waals surface area contributed by atoms with Crippen molar-refractivity contribution in [1.82, 2.24) is 0 Å². The van der Waals surface area contributed by atoms with Gasteiger partial charge in [-0.15, -0.1) is 0 Å². The van der Waals surface area contributed by atoms with Crippen LogP contribution in [0.1, 0.15) is 33.1 Å². The van der Waals surface area contributed by atoms with Crippen LogP contribution >= 0.6 is 0 Å². The number of nitrogen functional groups attached to an aromatic ring is 1. The molecule has 1 aliphatic rings. The molecule has 2 N–H and O–H groups in total. The third-order valence-electron chi connectivity index (χ3n) is 4.29. The number of sulfone groups is 1. The maximum Gasteiger partial charge on any atom is 0.181 e. The lowest BCUT2D eigenvalue weighted by Gasteiger charge is -2.31. The lowest BCUT2D eigenvalue weighted by Crippen LogP contribution is -2.31. The molecule has 1 fully saturated rings. The highest BCUT2D eigenvalue weighted by Gasteiger charge is 2.34. The minimum absolute atomic E-state index is 0.0235. The van der Waals surface area contributed by atoms with Gasteiger partial charge in [-0.25, -0.2) is 12.8 Å². The predicted molar refractivity (Wildman–Crippen MR) is 74.0 cm³/mol. The van der Waals surface area contributed by atoms with Gasteiger partial charge in [0.25, 0.3) is 0 Å². The normalized spacial score (nSPS) is 28.3. The van der Waals surface area contributed by atoms with Crippen LogP contribution in [0, 0.1) is 17.7 Å². The summed E-state index contributed by atoms with van der Waals surface area (Å²) in [5.74, 6) is 0.264. The zero-order valence-corrected chi connectivity index (χ0v) is 12.1. The Kier molecular flexibility index (Phi) is 3.85. The molecule has 1 saturated carbocycles. The molecular weight excluding hydrogens is 265 g/mol. The summed E-state index contributed by atoms with van der Waals surface area (Å²) in [6.45, 7) is 4.23. The van der Waals surface area contributed by atoms with E-state index in [4.69, 9.17) is 5.73 Å². The molecule has 0 bridgehead atoms. The van der Waals surface area contributed by atoms with Gasteiger partial charge in [0.15, 0.2) is 9.84 Å². The van der Waals surface area contributed by atoms with Crippen LogP contribution < -0.4 is 5.73 Å². The Balaban J connectivity index is 2.29. The van der Waals surface area contributed by atoms with Gasteiger partial charge in [-0.2, -0.15) is 0 Å². The second kappa shape index (κ2) is 5.12. The first-order chi connectivity index (χ1) is 8.82. The second-order valence-electron chi connectivity index (χ2n) is 5.62. The number of hydrogen-bond acceptors (Lipinski definition) is 3. The molecule has 0 aliphatic heterocycles. The maximum atomic E-state index is 13.4. The van der Waals surface area contributed by atoms with Crippen LogP contribution in [0.25, 0.3) is 0 Å². The molecule has 1 aliphatic carbocycles. The van der Waals surface area contributed by atoms with Crippen LogP contribution in [0.3, 0.4) is 0 Å². The number of hydrogen-bond donors (Lipinski definition) is 1. The number of benzene rings is 1. The summed E-state index contributed by atoms with van der Waals surface area (Å²) in [4.78, 5) is 0.0472. The molecule has 0 spiro atoms. The molecule has 1 aromatic carbocycles. The van der Waals surface area contributed by atoms with Crippen molar-refractivity contribution in [2.24, 2.45) is 11.8 Å². The van der Waals surface area contributed by atoms with Crippen molar-refractivity contribution in [3.05, 3.63) is 24.0 Å². The van der Waals surface area contributed by atoms with E-state index in [-0.39, 0.29) is 10.6 Å². The Morgan fingerprint density at radius 2 is 1.89 bits per heavy atom. The van der Waals surface area contributed by atoms with Crippen molar-refractivity contribution in [3.8, 4) is 0 Å². The molecule has 19 heavy (non-hydrogen) atoms. The smallest absolute Gasteiger partial charge is 0.181 e. The van der Waals surface area contributed by atoms with Crippen molar-refractivity contribution in [3.63, 3.8) is 0 Å². The van der Waals surface area contributed by atoms with Gasteiger partial charge in [0.05, 0.1) is 15.8 Å². The Labute approximate surface area is 113 Å². The van der Waals surface area contributed by atoms with Gasteiger partial charge in [-0.1, -0.05) is 13.8 Å². The van der Waals surface area contributed by atoms with Crippen molar-refractivity contribution in [1.29, 1.82) is 0 Å². The number of anilines is 1. The minimum Gasteiger partial charge on any atom is -0.396 e. The molecule has 0 heterocycles. The first kappa shape index (κ1) is 14.3. The zero-order valence-electron chi connectivity index (χ0n) is 11.3. The maximum absolute atomic E-state index is 13.4. The van der Waals surface area contributed by atoms with Gasteiger partial charge in [0, 0.05) is 0 Å². The molecule has 3 atom stereocenters. The minimum atomic E-state index is -3.45. The highest BCUT2D eigenvalue weighted by atomic mass is 32.2. The molecule has 5 heteroatoms. The molecular formula is C14H20FNO2S. The van der Waals surface area contributed by atoms with Crippen LogP contribution in [0.2, 0.25) is 0 Å². The third kappa shape index (κ3) is 2.76. The van der Waals surface area contributed by atoms with Gasteiger partial charge >= 0.3 is 0 Å². The van der Waals surface area contributed by atoms with Gasteiger partial charge in [0.2, 0.25) is 0 Å². The van der Waals surface area contributed by atoms with E-state index in [9.17, 15) is 12.8 Å². The Bertz CT molecular complexity index is 571. The molecule has 0 radical (unpaired) electrons. The summed E-state index contributed by atoms with van der Waals surface area (Å²) >= 11 is 0. The molecule has 0 saturated heterocycles. The third-order valence-corrected chi connectivity index (χ3v) is 6.51. The summed E-state index contributed by atoms with van der Waals surface area (Å²) in [6.07, 6.45) is 2.21. The van der Waals surface area contributed by atoms with E-state index < -0.39 is 20.9 Å². The summed E-state index contributed by atoms with van der Waals surface area (Å²) in [6, 6.07) is 3.75. The molecule has 3 nitrogen and oxygen atoms in total. The van der Waals surface area contributed by atoms with Crippen molar-refractivity contribution >= 4 is 15.5 Å². The lowest BCUT2D eigenvalue weighted by atomic mass is 9.81. The van der Waals surface area contributed by atoms with E-state index in [0.29, 0.717) is 24.7 Å². The van der Waals surface area contributed by atoms with Crippen LogP contribution in [0.15, 0.2) is 23.1 Å². The Morgan fingerprint density at radius 1 is 1.21 bits per heavy atom. The predicted octanol–water partition coefficient (Wildman–Crippen LogP) is 3.01. The first-order valence-electron chi connectivity index (χ1n) is 6.61. The highest BCUT2D eigenvalue weighted by molar-refractivity contribution is 7.92. The van der Waals surface area contributed by atoms with Gasteiger partial charge in [0.1, 0.15) is 5.82 Å². The average Bonchev–Trinajstić information content (AvgIpc) is 2.35. The first-order valence-corrected chi connectivity index (χ1v) is 8.16. The van der Waals surface area contributed by atoms with E-state index in [1.54, 1.807) is 0 Å². The van der Waals surface area contributed by atoms with Crippen molar-refractivity contribution in [2.75, 3.05) is 5.73 Å². The lowest BCUT2D eigenvalue weighted by molar-refractivity contribution is 0.278. The largest absolute Gasteiger partial charge is 0.396 e. The fourth-order valence-corrected chi connectivity index (χ4v) is 4.57. The summed E-state index contributed by atoms with van der Waals surface area (Å²) in [7, 11) is -3.45. The SMILES string of the molecule is CC1CCC(S(=O)(=O)c2ccc(N)c(F)c2)CC1C. The average molecular weight is 285 g/mol.